The smallest absolute Gasteiger partial charge is 0.256 e. The lowest BCUT2D eigenvalue weighted by Gasteiger charge is -2.02. The van der Waals surface area contributed by atoms with Gasteiger partial charge in [0.15, 0.2) is 11.5 Å². The van der Waals surface area contributed by atoms with Crippen LogP contribution in [-0.4, -0.2) is 30.0 Å². The molecular formula is C20H15N3O4. The third-order valence-corrected chi connectivity index (χ3v) is 4.58. The highest BCUT2D eigenvalue weighted by Crippen LogP contribution is 2.37. The zero-order chi connectivity index (χ0) is 18.4. The Hall–Kier alpha value is -3.74. The molecule has 1 aromatic heterocycles. The predicted molar refractivity (Wildman–Crippen MR) is 99.6 cm³/mol. The fraction of sp³-hybridized carbons (Fsp3) is 0.100. The lowest BCUT2D eigenvalue weighted by molar-refractivity contribution is -0.110. The molecule has 2 aliphatic heterocycles. The minimum atomic E-state index is -0.155. The van der Waals surface area contributed by atoms with Gasteiger partial charge in [0, 0.05) is 16.8 Å². The molecule has 134 valence electrons. The fourth-order valence-electron chi connectivity index (χ4n) is 3.21. The van der Waals surface area contributed by atoms with Crippen LogP contribution in [0.25, 0.3) is 22.9 Å². The largest absolute Gasteiger partial charge is 0.497 e. The van der Waals surface area contributed by atoms with E-state index in [0.717, 1.165) is 34.0 Å². The molecule has 0 bridgehead atoms. The number of rotatable bonds is 3. The van der Waals surface area contributed by atoms with E-state index in [-0.39, 0.29) is 12.7 Å². The van der Waals surface area contributed by atoms with Crippen molar-refractivity contribution in [2.24, 2.45) is 0 Å². The third-order valence-electron chi connectivity index (χ3n) is 4.58. The van der Waals surface area contributed by atoms with Gasteiger partial charge in [-0.2, -0.15) is 5.10 Å². The summed E-state index contributed by atoms with van der Waals surface area (Å²) in [4.78, 5) is 12.4. The Morgan fingerprint density at radius 2 is 2.00 bits per heavy atom. The number of nitrogens with zero attached hydrogens (tertiary/aromatic N) is 1. The fourth-order valence-corrected chi connectivity index (χ4v) is 3.21. The maximum absolute atomic E-state index is 12.4. The lowest BCUT2D eigenvalue weighted by atomic mass is 10.1. The normalized spacial score (nSPS) is 15.7. The Morgan fingerprint density at radius 3 is 2.89 bits per heavy atom. The molecule has 0 radical (unpaired) electrons. The molecular weight excluding hydrogens is 346 g/mol. The Kier molecular flexibility index (Phi) is 3.39. The quantitative estimate of drug-likeness (QED) is 0.699. The number of benzene rings is 2. The number of ether oxygens (including phenoxy) is 3. The Balaban J connectivity index is 1.50. The molecule has 0 unspecified atom stereocenters. The van der Waals surface area contributed by atoms with E-state index < -0.39 is 0 Å². The number of methoxy groups -OCH3 is 1. The highest BCUT2D eigenvalue weighted by Gasteiger charge is 2.25. The van der Waals surface area contributed by atoms with Crippen molar-refractivity contribution in [3.63, 3.8) is 0 Å². The van der Waals surface area contributed by atoms with Gasteiger partial charge in [-0.1, -0.05) is 0 Å². The van der Waals surface area contributed by atoms with E-state index in [9.17, 15) is 4.79 Å². The number of nitrogens with one attached hydrogen (secondary N) is 2. The van der Waals surface area contributed by atoms with Gasteiger partial charge in [-0.25, -0.2) is 0 Å². The number of H-pyrrole nitrogens is 1. The molecule has 2 aromatic carbocycles. The van der Waals surface area contributed by atoms with Gasteiger partial charge in [0.05, 0.1) is 24.1 Å². The summed E-state index contributed by atoms with van der Waals surface area (Å²) in [5.41, 5.74) is 4.51. The minimum Gasteiger partial charge on any atom is -0.497 e. The molecule has 2 aliphatic rings. The van der Waals surface area contributed by atoms with Gasteiger partial charge in [-0.3, -0.25) is 9.89 Å². The van der Waals surface area contributed by atoms with Crippen molar-refractivity contribution in [3.8, 4) is 28.5 Å². The second kappa shape index (κ2) is 5.91. The van der Waals surface area contributed by atoms with Gasteiger partial charge >= 0.3 is 0 Å². The summed E-state index contributed by atoms with van der Waals surface area (Å²) in [7, 11) is 1.60. The lowest BCUT2D eigenvalue weighted by Crippen LogP contribution is -2.03. The number of carbonyl (C=O) groups is 1. The second-order valence-electron chi connectivity index (χ2n) is 6.20. The first-order valence-electron chi connectivity index (χ1n) is 8.38. The maximum Gasteiger partial charge on any atom is 0.256 e. The van der Waals surface area contributed by atoms with Crippen molar-refractivity contribution < 1.29 is 19.0 Å². The van der Waals surface area contributed by atoms with Crippen molar-refractivity contribution >= 4 is 23.2 Å². The number of hydrogen-bond acceptors (Lipinski definition) is 5. The van der Waals surface area contributed by atoms with Crippen molar-refractivity contribution in [1.29, 1.82) is 0 Å². The number of amides is 1. The first kappa shape index (κ1) is 15.5. The maximum atomic E-state index is 12.4. The van der Waals surface area contributed by atoms with Gasteiger partial charge in [-0.15, -0.1) is 0 Å². The summed E-state index contributed by atoms with van der Waals surface area (Å²) in [5.74, 6) is 1.97. The van der Waals surface area contributed by atoms with Crippen LogP contribution in [0.1, 0.15) is 11.3 Å². The van der Waals surface area contributed by atoms with E-state index in [0.29, 0.717) is 17.1 Å². The van der Waals surface area contributed by atoms with Crippen LogP contribution in [0.2, 0.25) is 0 Å². The molecule has 27 heavy (non-hydrogen) atoms. The summed E-state index contributed by atoms with van der Waals surface area (Å²) in [5, 5.41) is 10.2. The Labute approximate surface area is 154 Å². The van der Waals surface area contributed by atoms with E-state index in [2.05, 4.69) is 15.5 Å². The molecule has 2 N–H and O–H groups in total. The van der Waals surface area contributed by atoms with Gasteiger partial charge in [0.2, 0.25) is 6.79 Å². The molecule has 7 heteroatoms. The van der Waals surface area contributed by atoms with Crippen LogP contribution in [0.5, 0.6) is 17.2 Å². The summed E-state index contributed by atoms with van der Waals surface area (Å²) in [6.07, 6.45) is 1.78. The predicted octanol–water partition coefficient (Wildman–Crippen LogP) is 3.31. The molecule has 3 aromatic rings. The zero-order valence-electron chi connectivity index (χ0n) is 14.4. The Bertz CT molecular complexity index is 1100. The van der Waals surface area contributed by atoms with Crippen LogP contribution in [0.4, 0.5) is 5.69 Å². The first-order valence-corrected chi connectivity index (χ1v) is 8.38. The second-order valence-corrected chi connectivity index (χ2v) is 6.20. The van der Waals surface area contributed by atoms with Gasteiger partial charge in [0.25, 0.3) is 5.91 Å². The molecule has 0 atom stereocenters. The van der Waals surface area contributed by atoms with E-state index in [4.69, 9.17) is 14.2 Å². The van der Waals surface area contributed by atoms with E-state index in [1.54, 1.807) is 13.2 Å². The number of aromatic nitrogens is 2. The number of fused-ring (bicyclic) bond motifs is 2. The summed E-state index contributed by atoms with van der Waals surface area (Å²) >= 11 is 0. The highest BCUT2D eigenvalue weighted by atomic mass is 16.7. The van der Waals surface area contributed by atoms with Gasteiger partial charge in [-0.05, 0) is 48.5 Å². The summed E-state index contributed by atoms with van der Waals surface area (Å²) in [6.45, 7) is 0.231. The van der Waals surface area contributed by atoms with Crippen molar-refractivity contribution in [1.82, 2.24) is 10.2 Å². The molecule has 0 saturated carbocycles. The molecule has 0 spiro atoms. The zero-order valence-corrected chi connectivity index (χ0v) is 14.4. The summed E-state index contributed by atoms with van der Waals surface area (Å²) < 4.78 is 16.0. The van der Waals surface area contributed by atoms with Crippen LogP contribution >= 0.6 is 0 Å². The average molecular weight is 361 g/mol. The van der Waals surface area contributed by atoms with Crippen molar-refractivity contribution in [2.75, 3.05) is 19.2 Å². The number of carbonyl (C=O) groups excluding carboxylic acids is 1. The van der Waals surface area contributed by atoms with Crippen LogP contribution in [0, 0.1) is 0 Å². The topological polar surface area (TPSA) is 85.5 Å². The monoisotopic (exact) mass is 361 g/mol. The summed E-state index contributed by atoms with van der Waals surface area (Å²) in [6, 6.07) is 13.0. The molecule has 0 saturated heterocycles. The molecule has 0 aliphatic carbocycles. The van der Waals surface area contributed by atoms with Gasteiger partial charge in [0.1, 0.15) is 5.75 Å². The number of hydrogen-bond donors (Lipinski definition) is 2. The van der Waals surface area contributed by atoms with E-state index in [1.807, 2.05) is 42.5 Å². The van der Waals surface area contributed by atoms with Crippen molar-refractivity contribution in [2.45, 2.75) is 0 Å². The first-order chi connectivity index (χ1) is 13.2. The van der Waals surface area contributed by atoms with Gasteiger partial charge < -0.3 is 19.5 Å². The number of aromatic amines is 1. The number of anilines is 1. The Morgan fingerprint density at radius 1 is 1.11 bits per heavy atom. The van der Waals surface area contributed by atoms with Crippen LogP contribution in [0.3, 0.4) is 0 Å². The highest BCUT2D eigenvalue weighted by molar-refractivity contribution is 6.34. The molecule has 3 heterocycles. The van der Waals surface area contributed by atoms with Crippen LogP contribution in [-0.2, 0) is 4.79 Å². The molecule has 0 fully saturated rings. The molecule has 7 nitrogen and oxygen atoms in total. The standard InChI is InChI=1S/C20H15N3O4/c1-25-13-3-4-16-14(9-13)15(20(24)21-16)7-12-8-17(23-22-12)11-2-5-18-19(6-11)27-10-26-18/h2-9H,10H2,1H3,(H,21,24)(H,22,23)/b15-7-. The average Bonchev–Trinajstić information content (AvgIpc) is 3.40. The molecule has 1 amide bonds. The van der Waals surface area contributed by atoms with Crippen molar-refractivity contribution in [3.05, 3.63) is 53.7 Å². The van der Waals surface area contributed by atoms with Crippen LogP contribution in [0.15, 0.2) is 42.5 Å². The van der Waals surface area contributed by atoms with Crippen LogP contribution < -0.4 is 19.5 Å². The minimum absolute atomic E-state index is 0.155. The SMILES string of the molecule is COc1ccc2c(c1)/C(=C/c1cc(-c3ccc4c(c3)OCO4)n[nH]1)C(=O)N2. The molecule has 5 rings (SSSR count). The van der Waals surface area contributed by atoms with E-state index in [1.165, 1.54) is 0 Å². The van der Waals surface area contributed by atoms with E-state index >= 15 is 0 Å². The third kappa shape index (κ3) is 2.60.